The summed E-state index contributed by atoms with van der Waals surface area (Å²) in [6, 6.07) is 8.88. The zero-order valence-corrected chi connectivity index (χ0v) is 18.5. The Morgan fingerprint density at radius 2 is 1.86 bits per heavy atom. The van der Waals surface area contributed by atoms with Gasteiger partial charge >= 0.3 is 6.18 Å². The van der Waals surface area contributed by atoms with Crippen molar-refractivity contribution in [3.05, 3.63) is 65.7 Å². The number of carbonyl (C=O) groups excluding carboxylic acids is 1. The summed E-state index contributed by atoms with van der Waals surface area (Å²) in [5.74, 6) is -0.0556. The average molecular weight is 484 g/mol. The highest BCUT2D eigenvalue weighted by molar-refractivity contribution is 6.08. The van der Waals surface area contributed by atoms with Gasteiger partial charge in [0.2, 0.25) is 0 Å². The van der Waals surface area contributed by atoms with Crippen molar-refractivity contribution in [3.63, 3.8) is 0 Å². The second-order valence-electron chi connectivity index (χ2n) is 7.98. The van der Waals surface area contributed by atoms with Gasteiger partial charge in [0.05, 0.1) is 17.7 Å². The van der Waals surface area contributed by atoms with Crippen molar-refractivity contribution >= 4 is 28.0 Å². The number of hydrogen-bond donors (Lipinski definition) is 2. The fourth-order valence-corrected chi connectivity index (χ4v) is 4.00. The number of aromatic nitrogens is 7. The van der Waals surface area contributed by atoms with Crippen LogP contribution < -0.4 is 5.32 Å². The standard InChI is InChI=1S/C22H19F3N8O2/c1-31-11-26-28-19(31)16(10-34)27-21(35)12-3-8-17-15(9-12)18-20(30-32(2)29-18)33(17)14-6-4-13(5-7-14)22(23,24)25/h3-9,11,16,34H,10H2,1-2H3,(H,27,35). The Morgan fingerprint density at radius 1 is 1.11 bits per heavy atom. The van der Waals surface area contributed by atoms with Gasteiger partial charge in [-0.15, -0.1) is 15.3 Å². The smallest absolute Gasteiger partial charge is 0.394 e. The summed E-state index contributed by atoms with van der Waals surface area (Å²) in [5.41, 5.74) is 1.57. The van der Waals surface area contributed by atoms with E-state index in [1.54, 1.807) is 41.4 Å². The van der Waals surface area contributed by atoms with E-state index in [4.69, 9.17) is 0 Å². The van der Waals surface area contributed by atoms with E-state index >= 15 is 0 Å². The fraction of sp³-hybridized carbons (Fsp3) is 0.227. The van der Waals surface area contributed by atoms with Gasteiger partial charge in [-0.25, -0.2) is 0 Å². The first kappa shape index (κ1) is 22.5. The van der Waals surface area contributed by atoms with Crippen LogP contribution in [-0.4, -0.2) is 51.9 Å². The number of hydrogen-bond acceptors (Lipinski definition) is 6. The molecule has 0 radical (unpaired) electrons. The Balaban J connectivity index is 1.56. The number of aryl methyl sites for hydroxylation is 2. The summed E-state index contributed by atoms with van der Waals surface area (Å²) in [5, 5.41) is 29.5. The van der Waals surface area contributed by atoms with Crippen molar-refractivity contribution in [2.24, 2.45) is 14.1 Å². The van der Waals surface area contributed by atoms with E-state index in [-0.39, 0.29) is 6.61 Å². The SMILES string of the molecule is Cn1nc2c3cc(C(=O)NC(CO)c4nncn4C)ccc3n(-c3ccc(C(F)(F)F)cc3)c2n1. The molecule has 1 atom stereocenters. The molecule has 0 saturated heterocycles. The highest BCUT2D eigenvalue weighted by Crippen LogP contribution is 2.33. The first-order chi connectivity index (χ1) is 16.7. The Bertz CT molecular complexity index is 1550. The Kier molecular flexibility index (Phi) is 5.28. The topological polar surface area (TPSA) is 116 Å². The number of amides is 1. The molecule has 0 aliphatic rings. The molecule has 2 N–H and O–H groups in total. The number of alkyl halides is 3. The van der Waals surface area contributed by atoms with Gasteiger partial charge in [-0.1, -0.05) is 0 Å². The highest BCUT2D eigenvalue weighted by atomic mass is 19.4. The quantitative estimate of drug-likeness (QED) is 0.396. The molecule has 0 saturated carbocycles. The Labute approximate surface area is 195 Å². The zero-order valence-electron chi connectivity index (χ0n) is 18.5. The molecule has 1 amide bonds. The van der Waals surface area contributed by atoms with E-state index < -0.39 is 23.7 Å². The third-order valence-electron chi connectivity index (χ3n) is 5.66. The maximum absolute atomic E-state index is 13.0. The molecule has 0 bridgehead atoms. The monoisotopic (exact) mass is 484 g/mol. The molecule has 0 aliphatic heterocycles. The van der Waals surface area contributed by atoms with Gasteiger partial charge < -0.3 is 15.0 Å². The van der Waals surface area contributed by atoms with Crippen LogP contribution in [-0.2, 0) is 20.3 Å². The number of nitrogens with zero attached hydrogens (tertiary/aromatic N) is 7. The lowest BCUT2D eigenvalue weighted by atomic mass is 10.1. The molecule has 3 aromatic heterocycles. The van der Waals surface area contributed by atoms with E-state index in [0.717, 1.165) is 12.1 Å². The molecule has 1 unspecified atom stereocenters. The lowest BCUT2D eigenvalue weighted by Gasteiger charge is -2.15. The fourth-order valence-electron chi connectivity index (χ4n) is 4.00. The lowest BCUT2D eigenvalue weighted by Crippen LogP contribution is -2.32. The predicted molar refractivity (Wildman–Crippen MR) is 119 cm³/mol. The Hall–Kier alpha value is -4.26. The first-order valence-corrected chi connectivity index (χ1v) is 10.5. The largest absolute Gasteiger partial charge is 0.416 e. The van der Waals surface area contributed by atoms with Gasteiger partial charge in [0.1, 0.15) is 17.9 Å². The minimum absolute atomic E-state index is 0.301. The summed E-state index contributed by atoms with van der Waals surface area (Å²) in [4.78, 5) is 14.3. The summed E-state index contributed by atoms with van der Waals surface area (Å²) < 4.78 is 42.4. The van der Waals surface area contributed by atoms with Crippen LogP contribution in [0.15, 0.2) is 48.8 Å². The molecular formula is C22H19F3N8O2. The van der Waals surface area contributed by atoms with Crippen LogP contribution in [0.3, 0.4) is 0 Å². The van der Waals surface area contributed by atoms with Gasteiger partial charge in [-0.05, 0) is 42.5 Å². The third-order valence-corrected chi connectivity index (χ3v) is 5.66. The molecule has 2 aromatic carbocycles. The van der Waals surface area contributed by atoms with Crippen molar-refractivity contribution in [3.8, 4) is 5.69 Å². The third kappa shape index (κ3) is 3.89. The van der Waals surface area contributed by atoms with Crippen LogP contribution in [0.5, 0.6) is 0 Å². The van der Waals surface area contributed by atoms with Gasteiger partial charge in [-0.3, -0.25) is 9.36 Å². The summed E-state index contributed by atoms with van der Waals surface area (Å²) in [6.45, 7) is -0.376. The first-order valence-electron chi connectivity index (χ1n) is 10.5. The molecule has 0 aliphatic carbocycles. The van der Waals surface area contributed by atoms with Crippen LogP contribution in [0, 0.1) is 0 Å². The van der Waals surface area contributed by atoms with Gasteiger partial charge in [0.25, 0.3) is 5.91 Å². The molecule has 180 valence electrons. The number of aliphatic hydroxyl groups excluding tert-OH is 1. The van der Waals surface area contributed by atoms with Gasteiger partial charge in [-0.2, -0.15) is 23.1 Å². The van der Waals surface area contributed by atoms with Crippen LogP contribution in [0.1, 0.15) is 27.8 Å². The molecule has 35 heavy (non-hydrogen) atoms. The molecule has 0 fully saturated rings. The van der Waals surface area contributed by atoms with Crippen LogP contribution in [0.4, 0.5) is 13.2 Å². The molecule has 10 nitrogen and oxygen atoms in total. The maximum Gasteiger partial charge on any atom is 0.416 e. The van der Waals surface area contributed by atoms with Crippen LogP contribution in [0.2, 0.25) is 0 Å². The minimum Gasteiger partial charge on any atom is -0.394 e. The van der Waals surface area contributed by atoms with E-state index in [2.05, 4.69) is 25.7 Å². The minimum atomic E-state index is -4.45. The van der Waals surface area contributed by atoms with Crippen molar-refractivity contribution in [2.75, 3.05) is 6.61 Å². The number of aliphatic hydroxyl groups is 1. The number of halogens is 3. The van der Waals surface area contributed by atoms with Crippen LogP contribution >= 0.6 is 0 Å². The van der Waals surface area contributed by atoms with Crippen LogP contribution in [0.25, 0.3) is 27.8 Å². The van der Waals surface area contributed by atoms with Gasteiger partial charge in [0, 0.05) is 30.7 Å². The maximum atomic E-state index is 13.0. The molecule has 13 heteroatoms. The predicted octanol–water partition coefficient (Wildman–Crippen LogP) is 2.52. The van der Waals surface area contributed by atoms with E-state index in [1.807, 2.05) is 0 Å². The number of fused-ring (bicyclic) bond motifs is 3. The van der Waals surface area contributed by atoms with Crippen molar-refractivity contribution in [1.29, 1.82) is 0 Å². The normalized spacial score (nSPS) is 13.0. The molecule has 5 aromatic rings. The van der Waals surface area contributed by atoms with E-state index in [0.29, 0.717) is 39.1 Å². The second kappa shape index (κ2) is 8.20. The zero-order chi connectivity index (χ0) is 24.9. The van der Waals surface area contributed by atoms with Crippen molar-refractivity contribution in [1.82, 2.24) is 39.6 Å². The van der Waals surface area contributed by atoms with Crippen molar-refractivity contribution < 1.29 is 23.1 Å². The summed E-state index contributed by atoms with van der Waals surface area (Å²) >= 11 is 0. The van der Waals surface area contributed by atoms with Gasteiger partial charge in [0.15, 0.2) is 11.5 Å². The summed E-state index contributed by atoms with van der Waals surface area (Å²) in [7, 11) is 3.33. The summed E-state index contributed by atoms with van der Waals surface area (Å²) in [6.07, 6.45) is -2.98. The Morgan fingerprint density at radius 3 is 2.49 bits per heavy atom. The molecule has 0 spiro atoms. The van der Waals surface area contributed by atoms with E-state index in [9.17, 15) is 23.1 Å². The molecular weight excluding hydrogens is 465 g/mol. The lowest BCUT2D eigenvalue weighted by molar-refractivity contribution is -0.137. The molecule has 3 heterocycles. The molecule has 5 rings (SSSR count). The number of benzene rings is 2. The second-order valence-corrected chi connectivity index (χ2v) is 7.98. The average Bonchev–Trinajstić information content (AvgIpc) is 3.49. The highest BCUT2D eigenvalue weighted by Gasteiger charge is 2.30. The number of carbonyl (C=O) groups is 1. The number of rotatable bonds is 5. The number of nitrogens with one attached hydrogen (secondary N) is 1. The van der Waals surface area contributed by atoms with E-state index in [1.165, 1.54) is 23.3 Å². The van der Waals surface area contributed by atoms with Crippen molar-refractivity contribution in [2.45, 2.75) is 12.2 Å².